The van der Waals surface area contributed by atoms with Gasteiger partial charge in [0.2, 0.25) is 0 Å². The topological polar surface area (TPSA) is 74.7 Å². The fraction of sp³-hybridized carbons (Fsp3) is 0.667. The molecule has 1 aliphatic heterocycles. The van der Waals surface area contributed by atoms with Gasteiger partial charge in [-0.2, -0.15) is 0 Å². The van der Waals surface area contributed by atoms with Crippen LogP contribution < -0.4 is 16.1 Å². The summed E-state index contributed by atoms with van der Waals surface area (Å²) in [5.41, 5.74) is 0.364. The van der Waals surface area contributed by atoms with E-state index < -0.39 is 5.97 Å². The molecule has 0 spiro atoms. The number of nitrogens with one attached hydrogen (secondary N) is 1. The summed E-state index contributed by atoms with van der Waals surface area (Å²) in [5, 5.41) is 0.650. The van der Waals surface area contributed by atoms with Crippen LogP contribution >= 0.6 is 11.3 Å². The van der Waals surface area contributed by atoms with E-state index in [2.05, 4.69) is 6.92 Å². The van der Waals surface area contributed by atoms with E-state index in [4.69, 9.17) is 4.74 Å². The van der Waals surface area contributed by atoms with Gasteiger partial charge in [-0.05, 0) is 37.7 Å². The van der Waals surface area contributed by atoms with Gasteiger partial charge in [0, 0.05) is 17.7 Å². The van der Waals surface area contributed by atoms with Crippen molar-refractivity contribution in [2.24, 2.45) is 5.92 Å². The third-order valence-electron chi connectivity index (χ3n) is 6.25. The summed E-state index contributed by atoms with van der Waals surface area (Å²) in [6.45, 7) is 7.58. The van der Waals surface area contributed by atoms with E-state index in [0.29, 0.717) is 17.8 Å². The molecule has 0 radical (unpaired) electrons. The summed E-state index contributed by atoms with van der Waals surface area (Å²) in [6.07, 6.45) is 5.33. The summed E-state index contributed by atoms with van der Waals surface area (Å²) in [7, 11) is 0. The zero-order valence-corrected chi connectivity index (χ0v) is 18.1. The largest absolute Gasteiger partial charge is 0.465 e. The molecule has 3 heterocycles. The molecule has 1 fully saturated rings. The van der Waals surface area contributed by atoms with Crippen LogP contribution in [0.3, 0.4) is 0 Å². The molecule has 1 aliphatic carbocycles. The Kier molecular flexibility index (Phi) is 5.92. The number of aromatic nitrogens is 2. The molecule has 0 aromatic carbocycles. The van der Waals surface area contributed by atoms with Gasteiger partial charge in [-0.15, -0.1) is 11.3 Å². The maximum Gasteiger partial charge on any atom is 0.332 e. The van der Waals surface area contributed by atoms with Crippen molar-refractivity contribution in [2.75, 3.05) is 26.2 Å². The van der Waals surface area contributed by atoms with Crippen molar-refractivity contribution >= 4 is 27.5 Å². The number of likely N-dealkylation sites (tertiary alicyclic amines) is 1. The third-order valence-corrected chi connectivity index (χ3v) is 7.53. The van der Waals surface area contributed by atoms with Crippen LogP contribution in [0.5, 0.6) is 0 Å². The van der Waals surface area contributed by atoms with Crippen molar-refractivity contribution in [1.82, 2.24) is 9.13 Å². The van der Waals surface area contributed by atoms with Gasteiger partial charge in [0.05, 0.1) is 38.2 Å². The van der Waals surface area contributed by atoms with E-state index in [0.717, 1.165) is 53.9 Å². The van der Waals surface area contributed by atoms with Gasteiger partial charge in [-0.3, -0.25) is 14.2 Å². The van der Waals surface area contributed by atoms with Crippen molar-refractivity contribution in [3.05, 3.63) is 31.3 Å². The van der Waals surface area contributed by atoms with Gasteiger partial charge in [0.25, 0.3) is 5.56 Å². The number of esters is 1. The molecular formula is C21H30N3O4S+. The number of nitrogens with zero attached hydrogens (tertiary/aromatic N) is 2. The zero-order valence-electron chi connectivity index (χ0n) is 17.3. The molecule has 4 rings (SSSR count). The SMILES string of the molecule is CCOC(=O)Cn1c(=O)c2c3c(sc2n(CC[NH+]2CCCC2)c1=O)C[C@@H](C)CC3. The molecule has 8 heteroatoms. The Hall–Kier alpha value is -1.93. The average molecular weight is 421 g/mol. The average Bonchev–Trinajstić information content (AvgIpc) is 3.32. The molecule has 0 bridgehead atoms. The van der Waals surface area contributed by atoms with Gasteiger partial charge in [-0.25, -0.2) is 9.36 Å². The first kappa shape index (κ1) is 20.3. The van der Waals surface area contributed by atoms with Crippen LogP contribution in [0, 0.1) is 5.92 Å². The lowest BCUT2D eigenvalue weighted by atomic mass is 9.89. The number of rotatable bonds is 6. The van der Waals surface area contributed by atoms with Crippen molar-refractivity contribution in [3.63, 3.8) is 0 Å². The lowest BCUT2D eigenvalue weighted by Crippen LogP contribution is -3.10. The number of quaternary nitrogens is 1. The minimum Gasteiger partial charge on any atom is -0.465 e. The summed E-state index contributed by atoms with van der Waals surface area (Å²) in [6, 6.07) is 0. The Balaban J connectivity index is 1.82. The van der Waals surface area contributed by atoms with E-state index in [1.807, 2.05) is 0 Å². The number of fused-ring (bicyclic) bond motifs is 3. The van der Waals surface area contributed by atoms with Crippen molar-refractivity contribution in [1.29, 1.82) is 0 Å². The second-order valence-electron chi connectivity index (χ2n) is 8.37. The second kappa shape index (κ2) is 8.44. The second-order valence-corrected chi connectivity index (χ2v) is 9.45. The van der Waals surface area contributed by atoms with Crippen molar-refractivity contribution in [3.8, 4) is 0 Å². The number of carbonyl (C=O) groups excluding carboxylic acids is 1. The van der Waals surface area contributed by atoms with Crippen molar-refractivity contribution < 1.29 is 14.4 Å². The monoisotopic (exact) mass is 420 g/mol. The number of carbonyl (C=O) groups is 1. The zero-order chi connectivity index (χ0) is 20.5. The third kappa shape index (κ3) is 3.92. The van der Waals surface area contributed by atoms with Crippen LogP contribution in [0.25, 0.3) is 10.2 Å². The van der Waals surface area contributed by atoms with Gasteiger partial charge < -0.3 is 9.64 Å². The molecule has 1 N–H and O–H groups in total. The number of hydrogen-bond donors (Lipinski definition) is 1. The van der Waals surface area contributed by atoms with E-state index in [9.17, 15) is 14.4 Å². The molecule has 1 atom stereocenters. The Labute approximate surface area is 173 Å². The Bertz CT molecular complexity index is 1030. The Morgan fingerprint density at radius 1 is 1.24 bits per heavy atom. The first-order chi connectivity index (χ1) is 14.0. The highest BCUT2D eigenvalue weighted by Gasteiger charge is 2.27. The lowest BCUT2D eigenvalue weighted by Gasteiger charge is -2.17. The van der Waals surface area contributed by atoms with E-state index >= 15 is 0 Å². The number of thiophene rings is 1. The standard InChI is InChI=1S/C21H29N3O4S/c1-3-28-17(25)13-24-19(26)18-15-7-6-14(2)12-16(15)29-20(18)23(21(24)27)11-10-22-8-4-5-9-22/h14H,3-13H2,1-2H3/p+1/t14-/m0/s1. The Morgan fingerprint density at radius 2 is 2.00 bits per heavy atom. The van der Waals surface area contributed by atoms with Gasteiger partial charge in [0.1, 0.15) is 11.4 Å². The van der Waals surface area contributed by atoms with Crippen molar-refractivity contribution in [2.45, 2.75) is 59.0 Å². The Morgan fingerprint density at radius 3 is 2.72 bits per heavy atom. The summed E-state index contributed by atoms with van der Waals surface area (Å²) in [4.78, 5) is 42.1. The van der Waals surface area contributed by atoms with Crippen LogP contribution in [-0.4, -0.2) is 41.3 Å². The molecule has 7 nitrogen and oxygen atoms in total. The summed E-state index contributed by atoms with van der Waals surface area (Å²) < 4.78 is 7.84. The fourth-order valence-electron chi connectivity index (χ4n) is 4.67. The quantitative estimate of drug-likeness (QED) is 0.695. The predicted molar refractivity (Wildman–Crippen MR) is 113 cm³/mol. The van der Waals surface area contributed by atoms with Crippen LogP contribution in [0.2, 0.25) is 0 Å². The fourth-order valence-corrected chi connectivity index (χ4v) is 6.19. The first-order valence-electron chi connectivity index (χ1n) is 10.8. The minimum absolute atomic E-state index is 0.230. The molecular weight excluding hydrogens is 390 g/mol. The van der Waals surface area contributed by atoms with E-state index in [-0.39, 0.29) is 24.4 Å². The first-order valence-corrected chi connectivity index (χ1v) is 11.6. The van der Waals surface area contributed by atoms with Crippen LogP contribution in [-0.2, 0) is 35.5 Å². The molecule has 0 amide bonds. The predicted octanol–water partition coefficient (Wildman–Crippen LogP) is 0.591. The molecule has 2 aliphatic rings. The smallest absolute Gasteiger partial charge is 0.332 e. The van der Waals surface area contributed by atoms with E-state index in [1.54, 1.807) is 22.8 Å². The summed E-state index contributed by atoms with van der Waals surface area (Å²) in [5.74, 6) is 0.0482. The molecule has 2 aromatic heterocycles. The number of aryl methyl sites for hydroxylation is 1. The highest BCUT2D eigenvalue weighted by Crippen LogP contribution is 2.36. The maximum atomic E-state index is 13.3. The summed E-state index contributed by atoms with van der Waals surface area (Å²) >= 11 is 1.60. The van der Waals surface area contributed by atoms with Gasteiger partial charge in [0.15, 0.2) is 0 Å². The number of hydrogen-bond acceptors (Lipinski definition) is 5. The minimum atomic E-state index is -0.541. The highest BCUT2D eigenvalue weighted by molar-refractivity contribution is 7.18. The molecule has 158 valence electrons. The van der Waals surface area contributed by atoms with E-state index in [1.165, 1.54) is 22.6 Å². The normalized spacial score (nSPS) is 19.6. The number of ether oxygens (including phenoxy) is 1. The van der Waals surface area contributed by atoms with Crippen LogP contribution in [0.1, 0.15) is 43.6 Å². The molecule has 0 unspecified atom stereocenters. The molecule has 2 aromatic rings. The molecule has 1 saturated heterocycles. The van der Waals surface area contributed by atoms with Gasteiger partial charge >= 0.3 is 11.7 Å². The maximum absolute atomic E-state index is 13.3. The lowest BCUT2D eigenvalue weighted by molar-refractivity contribution is -0.888. The molecule has 29 heavy (non-hydrogen) atoms. The van der Waals surface area contributed by atoms with Crippen LogP contribution in [0.15, 0.2) is 9.59 Å². The highest BCUT2D eigenvalue weighted by atomic mass is 32.1. The van der Waals surface area contributed by atoms with Gasteiger partial charge in [-0.1, -0.05) is 6.92 Å². The molecule has 0 saturated carbocycles. The van der Waals surface area contributed by atoms with Crippen LogP contribution in [0.4, 0.5) is 0 Å².